The number of carbonyl (C=O) groups excluding carboxylic acids is 1. The Labute approximate surface area is 164 Å². The zero-order valence-corrected chi connectivity index (χ0v) is 15.5. The molecule has 138 valence electrons. The van der Waals surface area contributed by atoms with Crippen LogP contribution in [0, 0.1) is 0 Å². The first-order chi connectivity index (χ1) is 13.8. The fourth-order valence-electron chi connectivity index (χ4n) is 3.77. The van der Waals surface area contributed by atoms with Gasteiger partial charge in [0.25, 0.3) is 0 Å². The molecule has 0 aliphatic heterocycles. The van der Waals surface area contributed by atoms with Gasteiger partial charge in [0.05, 0.1) is 7.11 Å². The number of ether oxygens (including phenoxy) is 1. The molecule has 0 fully saturated rings. The number of esters is 1. The van der Waals surface area contributed by atoms with Crippen LogP contribution in [-0.4, -0.2) is 22.6 Å². The van der Waals surface area contributed by atoms with Gasteiger partial charge in [0.15, 0.2) is 0 Å². The first-order valence-corrected chi connectivity index (χ1v) is 9.07. The molecule has 0 saturated heterocycles. The molecular formula is C24H20N2O2. The highest BCUT2D eigenvalue weighted by molar-refractivity contribution is 5.86. The van der Waals surface area contributed by atoms with Gasteiger partial charge < -0.3 is 9.30 Å². The quantitative estimate of drug-likeness (QED) is 0.385. The van der Waals surface area contributed by atoms with Crippen molar-refractivity contribution in [1.29, 1.82) is 0 Å². The summed E-state index contributed by atoms with van der Waals surface area (Å²) < 4.78 is 6.92. The minimum absolute atomic E-state index is 0.249. The van der Waals surface area contributed by atoms with Crippen LogP contribution in [-0.2, 0) is 10.3 Å². The molecule has 4 aromatic rings. The van der Waals surface area contributed by atoms with Crippen LogP contribution in [0.15, 0.2) is 103 Å². The van der Waals surface area contributed by atoms with Crippen LogP contribution >= 0.6 is 0 Å². The fraction of sp³-hybridized carbons (Fsp3) is 0.0833. The van der Waals surface area contributed by atoms with Gasteiger partial charge in [-0.3, -0.25) is 0 Å². The molecule has 3 aromatic carbocycles. The number of benzene rings is 3. The van der Waals surface area contributed by atoms with Crippen molar-refractivity contribution < 1.29 is 9.53 Å². The maximum absolute atomic E-state index is 12.5. The van der Waals surface area contributed by atoms with E-state index in [1.165, 1.54) is 7.11 Å². The van der Waals surface area contributed by atoms with E-state index in [-0.39, 0.29) is 5.82 Å². The Morgan fingerprint density at radius 3 is 1.61 bits per heavy atom. The first-order valence-electron chi connectivity index (χ1n) is 9.07. The molecule has 0 spiro atoms. The third-order valence-corrected chi connectivity index (χ3v) is 4.94. The van der Waals surface area contributed by atoms with E-state index in [1.54, 1.807) is 6.20 Å². The average molecular weight is 368 g/mol. The second-order valence-corrected chi connectivity index (χ2v) is 6.42. The maximum Gasteiger partial charge on any atom is 0.374 e. The van der Waals surface area contributed by atoms with Crippen molar-refractivity contribution >= 4 is 5.97 Å². The van der Waals surface area contributed by atoms with E-state index in [0.717, 1.165) is 16.7 Å². The van der Waals surface area contributed by atoms with Crippen molar-refractivity contribution in [3.8, 4) is 0 Å². The number of hydrogen-bond donors (Lipinski definition) is 0. The minimum atomic E-state index is -0.774. The van der Waals surface area contributed by atoms with E-state index >= 15 is 0 Å². The molecule has 0 amide bonds. The summed E-state index contributed by atoms with van der Waals surface area (Å²) >= 11 is 0. The lowest BCUT2D eigenvalue weighted by Gasteiger charge is -2.38. The van der Waals surface area contributed by atoms with E-state index in [1.807, 2.05) is 65.4 Å². The number of hydrogen-bond acceptors (Lipinski definition) is 3. The van der Waals surface area contributed by atoms with E-state index in [0.29, 0.717) is 0 Å². The van der Waals surface area contributed by atoms with Crippen molar-refractivity contribution in [2.24, 2.45) is 0 Å². The molecule has 0 unspecified atom stereocenters. The normalized spacial score (nSPS) is 11.2. The smallest absolute Gasteiger partial charge is 0.374 e. The van der Waals surface area contributed by atoms with Gasteiger partial charge in [-0.05, 0) is 16.7 Å². The minimum Gasteiger partial charge on any atom is -0.463 e. The lowest BCUT2D eigenvalue weighted by atomic mass is 9.76. The topological polar surface area (TPSA) is 44.1 Å². The standard InChI is InChI=1S/C24H20N2O2/c1-28-23(27)22-25-17-18-26(22)24(19-11-5-2-6-12-19,20-13-7-3-8-14-20)21-15-9-4-10-16-21/h2-18H,1H3. The number of methoxy groups -OCH3 is 1. The Kier molecular flexibility index (Phi) is 4.77. The van der Waals surface area contributed by atoms with E-state index < -0.39 is 11.5 Å². The molecule has 1 heterocycles. The van der Waals surface area contributed by atoms with Crippen LogP contribution in [0.2, 0.25) is 0 Å². The number of rotatable bonds is 5. The van der Waals surface area contributed by atoms with E-state index in [4.69, 9.17) is 4.74 Å². The van der Waals surface area contributed by atoms with Crippen molar-refractivity contribution in [2.45, 2.75) is 5.54 Å². The lowest BCUT2D eigenvalue weighted by Crippen LogP contribution is -2.39. The second kappa shape index (κ2) is 7.53. The molecule has 0 radical (unpaired) electrons. The highest BCUT2D eigenvalue weighted by atomic mass is 16.5. The first kappa shape index (κ1) is 17.7. The summed E-state index contributed by atoms with van der Waals surface area (Å²) in [7, 11) is 1.37. The van der Waals surface area contributed by atoms with E-state index in [2.05, 4.69) is 41.4 Å². The summed E-state index contributed by atoms with van der Waals surface area (Å²) in [6, 6.07) is 30.4. The molecule has 4 heteroatoms. The summed E-state index contributed by atoms with van der Waals surface area (Å²) in [5.74, 6) is -0.226. The van der Waals surface area contributed by atoms with Gasteiger partial charge in [-0.1, -0.05) is 91.0 Å². The van der Waals surface area contributed by atoms with Gasteiger partial charge >= 0.3 is 5.97 Å². The lowest BCUT2D eigenvalue weighted by molar-refractivity contribution is 0.0578. The molecule has 0 aliphatic rings. The SMILES string of the molecule is COC(=O)c1nccn1C(c1ccccc1)(c1ccccc1)c1ccccc1. The third kappa shape index (κ3) is 2.79. The van der Waals surface area contributed by atoms with Crippen molar-refractivity contribution in [3.63, 3.8) is 0 Å². The maximum atomic E-state index is 12.5. The monoisotopic (exact) mass is 368 g/mol. The summed E-state index contributed by atoms with van der Waals surface area (Å²) in [4.78, 5) is 16.8. The van der Waals surface area contributed by atoms with Gasteiger partial charge in [-0.2, -0.15) is 0 Å². The van der Waals surface area contributed by atoms with Crippen LogP contribution in [0.1, 0.15) is 27.3 Å². The molecule has 4 rings (SSSR count). The van der Waals surface area contributed by atoms with Gasteiger partial charge in [-0.15, -0.1) is 0 Å². The van der Waals surface area contributed by atoms with Gasteiger partial charge in [0.2, 0.25) is 5.82 Å². The predicted molar refractivity (Wildman–Crippen MR) is 108 cm³/mol. The highest BCUT2D eigenvalue weighted by Gasteiger charge is 2.40. The van der Waals surface area contributed by atoms with Crippen LogP contribution in [0.5, 0.6) is 0 Å². The van der Waals surface area contributed by atoms with Gasteiger partial charge in [0, 0.05) is 12.4 Å². The Hall–Kier alpha value is -3.66. The van der Waals surface area contributed by atoms with Crippen molar-refractivity contribution in [3.05, 3.63) is 126 Å². The van der Waals surface area contributed by atoms with Crippen LogP contribution in [0.3, 0.4) is 0 Å². The summed E-state index contributed by atoms with van der Waals surface area (Å²) in [6.07, 6.45) is 3.47. The van der Waals surface area contributed by atoms with Crippen LogP contribution < -0.4 is 0 Å². The van der Waals surface area contributed by atoms with Crippen molar-refractivity contribution in [2.75, 3.05) is 7.11 Å². The fourth-order valence-corrected chi connectivity index (χ4v) is 3.77. The predicted octanol–water partition coefficient (Wildman–Crippen LogP) is 4.51. The zero-order valence-electron chi connectivity index (χ0n) is 15.5. The van der Waals surface area contributed by atoms with Crippen LogP contribution in [0.4, 0.5) is 0 Å². The molecular weight excluding hydrogens is 348 g/mol. The Morgan fingerprint density at radius 2 is 1.21 bits per heavy atom. The molecule has 0 saturated carbocycles. The number of nitrogens with zero attached hydrogens (tertiary/aromatic N) is 2. The van der Waals surface area contributed by atoms with Crippen LogP contribution in [0.25, 0.3) is 0 Å². The third-order valence-electron chi connectivity index (χ3n) is 4.94. The zero-order chi connectivity index (χ0) is 19.4. The van der Waals surface area contributed by atoms with Gasteiger partial charge in [-0.25, -0.2) is 9.78 Å². The van der Waals surface area contributed by atoms with Gasteiger partial charge in [0.1, 0.15) is 5.54 Å². The number of carbonyl (C=O) groups is 1. The van der Waals surface area contributed by atoms with Crippen molar-refractivity contribution in [1.82, 2.24) is 9.55 Å². The average Bonchev–Trinajstić information content (AvgIpc) is 3.26. The molecule has 0 atom stereocenters. The number of imidazole rings is 1. The Bertz CT molecular complexity index is 961. The molecule has 28 heavy (non-hydrogen) atoms. The summed E-state index contributed by atoms with van der Waals surface area (Å²) in [5.41, 5.74) is 2.30. The largest absolute Gasteiger partial charge is 0.463 e. The Balaban J connectivity index is 2.15. The molecule has 1 aromatic heterocycles. The van der Waals surface area contributed by atoms with E-state index in [9.17, 15) is 4.79 Å². The molecule has 0 aliphatic carbocycles. The number of aromatic nitrogens is 2. The second-order valence-electron chi connectivity index (χ2n) is 6.42. The molecule has 4 nitrogen and oxygen atoms in total. The summed E-state index contributed by atoms with van der Waals surface area (Å²) in [5, 5.41) is 0. The highest BCUT2D eigenvalue weighted by Crippen LogP contribution is 2.41. The molecule has 0 N–H and O–H groups in total. The molecule has 0 bridgehead atoms. The Morgan fingerprint density at radius 1 is 0.786 bits per heavy atom. The summed E-state index contributed by atoms with van der Waals surface area (Å²) in [6.45, 7) is 0.